The lowest BCUT2D eigenvalue weighted by atomic mass is 9.96. The molecular weight excluding hydrogens is 508 g/mol. The first-order valence-electron chi connectivity index (χ1n) is 14.1. The predicted octanol–water partition coefficient (Wildman–Crippen LogP) is 5.72. The molecule has 7 nitrogen and oxygen atoms in total. The molecule has 0 N–H and O–H groups in total. The first-order chi connectivity index (χ1) is 20.1. The number of nitriles is 1. The van der Waals surface area contributed by atoms with E-state index in [2.05, 4.69) is 63.2 Å². The summed E-state index contributed by atoms with van der Waals surface area (Å²) in [5.74, 6) is 9.48. The number of anilines is 1. The van der Waals surface area contributed by atoms with Crippen molar-refractivity contribution in [1.82, 2.24) is 19.6 Å². The average molecular weight is 539 g/mol. The summed E-state index contributed by atoms with van der Waals surface area (Å²) in [6, 6.07) is 12.6. The fraction of sp³-hybridized carbons (Fsp3) is 0.294. The summed E-state index contributed by atoms with van der Waals surface area (Å²) in [7, 11) is 1.69. The van der Waals surface area contributed by atoms with Gasteiger partial charge in [-0.1, -0.05) is 29.6 Å². The number of ether oxygens (including phenoxy) is 1. The minimum atomic E-state index is 0.122. The third-order valence-corrected chi connectivity index (χ3v) is 8.54. The van der Waals surface area contributed by atoms with Crippen molar-refractivity contribution in [2.75, 3.05) is 25.1 Å². The van der Waals surface area contributed by atoms with E-state index in [-0.39, 0.29) is 5.92 Å². The van der Waals surface area contributed by atoms with Gasteiger partial charge in [0.1, 0.15) is 23.6 Å². The zero-order valence-corrected chi connectivity index (χ0v) is 23.2. The number of nitrogens with zero attached hydrogens (tertiary/aromatic N) is 6. The Morgan fingerprint density at radius 2 is 2.07 bits per heavy atom. The molecule has 1 aliphatic heterocycles. The summed E-state index contributed by atoms with van der Waals surface area (Å²) in [6.45, 7) is 4.03. The van der Waals surface area contributed by atoms with E-state index in [0.717, 1.165) is 71.0 Å². The molecule has 2 bridgehead atoms. The van der Waals surface area contributed by atoms with Gasteiger partial charge in [-0.25, -0.2) is 9.50 Å². The number of piperidine rings is 1. The number of fused-ring (bicyclic) bond motifs is 3. The van der Waals surface area contributed by atoms with Crippen molar-refractivity contribution < 1.29 is 4.74 Å². The number of methoxy groups -OCH3 is 1. The quantitative estimate of drug-likeness (QED) is 0.221. The van der Waals surface area contributed by atoms with Gasteiger partial charge in [-0.15, -0.1) is 0 Å². The van der Waals surface area contributed by atoms with Crippen molar-refractivity contribution in [3.63, 3.8) is 0 Å². The van der Waals surface area contributed by atoms with Crippen LogP contribution in [-0.2, 0) is 6.42 Å². The van der Waals surface area contributed by atoms with Gasteiger partial charge in [0, 0.05) is 61.0 Å². The maximum absolute atomic E-state index is 9.77. The lowest BCUT2D eigenvalue weighted by Gasteiger charge is -2.32. The van der Waals surface area contributed by atoms with Crippen LogP contribution in [0.4, 0.5) is 5.82 Å². The Morgan fingerprint density at radius 3 is 2.83 bits per heavy atom. The number of allylic oxidation sites excluding steroid dienone is 3. The topological polar surface area (TPSA) is 79.3 Å². The van der Waals surface area contributed by atoms with E-state index in [4.69, 9.17) is 9.72 Å². The van der Waals surface area contributed by atoms with Crippen LogP contribution in [0, 0.1) is 40.9 Å². The zero-order chi connectivity index (χ0) is 27.9. The molecule has 4 aromatic rings. The van der Waals surface area contributed by atoms with Crippen molar-refractivity contribution in [3.8, 4) is 34.8 Å². The van der Waals surface area contributed by atoms with Crippen LogP contribution < -0.4 is 9.64 Å². The molecule has 0 spiro atoms. The Labute approximate surface area is 239 Å². The van der Waals surface area contributed by atoms with Gasteiger partial charge in [0.2, 0.25) is 0 Å². The summed E-state index contributed by atoms with van der Waals surface area (Å²) in [6.07, 6.45) is 15.1. The fourth-order valence-corrected chi connectivity index (χ4v) is 6.50. The van der Waals surface area contributed by atoms with Crippen LogP contribution in [0.1, 0.15) is 36.6 Å². The second kappa shape index (κ2) is 10.3. The molecule has 7 rings (SSSR count). The highest BCUT2D eigenvalue weighted by Crippen LogP contribution is 2.42. The second-order valence-corrected chi connectivity index (χ2v) is 11.1. The third-order valence-electron chi connectivity index (χ3n) is 8.54. The van der Waals surface area contributed by atoms with Gasteiger partial charge >= 0.3 is 0 Å². The lowest BCUT2D eigenvalue weighted by Crippen LogP contribution is -2.37. The standard InChI is InChI=1S/C34H30N6O/c1-3-31(23-4-5-23)27-14-32(34-28(16-35)18-38-40(34)21-27)25-7-9-33(37-17-25)39-19-22-12-24(26(13-22)20-39)6-8-29-15-30(41-2)10-11-36-29/h3,6-7,9-11,14-15,17-18,21-23,26H,8,12-13,19-20H2,1-2H3/b24-6?,31-3+. The number of hydrogen-bond acceptors (Lipinski definition) is 6. The Hall–Kier alpha value is -4.88. The van der Waals surface area contributed by atoms with Gasteiger partial charge in [-0.05, 0) is 67.0 Å². The molecule has 0 aromatic carbocycles. The van der Waals surface area contributed by atoms with Crippen molar-refractivity contribution in [1.29, 1.82) is 5.26 Å². The zero-order valence-electron chi connectivity index (χ0n) is 23.2. The Kier molecular flexibility index (Phi) is 6.29. The summed E-state index contributed by atoms with van der Waals surface area (Å²) >= 11 is 0. The highest BCUT2D eigenvalue weighted by Gasteiger charge is 2.36. The molecule has 4 aromatic heterocycles. The molecule has 2 atom stereocenters. The van der Waals surface area contributed by atoms with Gasteiger partial charge in [0.15, 0.2) is 0 Å². The van der Waals surface area contributed by atoms with E-state index < -0.39 is 0 Å². The van der Waals surface area contributed by atoms with Gasteiger partial charge in [-0.3, -0.25) is 4.98 Å². The molecule has 202 valence electrons. The molecule has 41 heavy (non-hydrogen) atoms. The number of aromatic nitrogens is 4. The van der Waals surface area contributed by atoms with Gasteiger partial charge in [0.25, 0.3) is 0 Å². The summed E-state index contributed by atoms with van der Waals surface area (Å²) in [5, 5.41) is 14.2. The minimum Gasteiger partial charge on any atom is -0.497 e. The summed E-state index contributed by atoms with van der Waals surface area (Å²) in [4.78, 5) is 11.9. The largest absolute Gasteiger partial charge is 0.497 e. The Balaban J connectivity index is 1.13. The summed E-state index contributed by atoms with van der Waals surface area (Å²) < 4.78 is 7.16. The van der Waals surface area contributed by atoms with E-state index in [1.165, 1.54) is 6.42 Å². The molecule has 3 aliphatic rings. The van der Waals surface area contributed by atoms with Crippen LogP contribution >= 0.6 is 0 Å². The molecule has 2 unspecified atom stereocenters. The molecule has 2 aliphatic carbocycles. The molecule has 1 saturated carbocycles. The minimum absolute atomic E-state index is 0.122. The average Bonchev–Trinajstić information content (AvgIpc) is 3.69. The Morgan fingerprint density at radius 1 is 1.17 bits per heavy atom. The monoisotopic (exact) mass is 538 g/mol. The van der Waals surface area contributed by atoms with E-state index in [0.29, 0.717) is 17.4 Å². The van der Waals surface area contributed by atoms with Gasteiger partial charge in [-0.2, -0.15) is 10.4 Å². The molecule has 1 saturated heterocycles. The highest BCUT2D eigenvalue weighted by molar-refractivity contribution is 5.88. The SMILES string of the molecule is C/C=C(/c1cc(-c2ccc(N3CC4CC(=CCc5cc(OC)ccn5)C(C4)C3)nc2)c2c(C#N)cnn2c1)C1C#C1. The molecule has 2 fully saturated rings. The Bertz CT molecular complexity index is 1810. The third kappa shape index (κ3) is 4.74. The number of rotatable bonds is 7. The molecule has 7 heteroatoms. The number of pyridine rings is 3. The van der Waals surface area contributed by atoms with E-state index in [1.54, 1.807) is 23.4 Å². The first kappa shape index (κ1) is 25.1. The van der Waals surface area contributed by atoms with E-state index >= 15 is 0 Å². The van der Waals surface area contributed by atoms with Crippen molar-refractivity contribution in [2.24, 2.45) is 17.8 Å². The van der Waals surface area contributed by atoms with E-state index in [9.17, 15) is 5.26 Å². The fourth-order valence-electron chi connectivity index (χ4n) is 6.50. The smallest absolute Gasteiger partial charge is 0.128 e. The molecule has 5 heterocycles. The maximum atomic E-state index is 9.77. The lowest BCUT2D eigenvalue weighted by molar-refractivity contribution is 0.413. The van der Waals surface area contributed by atoms with Gasteiger partial charge in [0.05, 0.1) is 24.4 Å². The highest BCUT2D eigenvalue weighted by atomic mass is 16.5. The van der Waals surface area contributed by atoms with Crippen molar-refractivity contribution in [2.45, 2.75) is 26.2 Å². The normalized spacial score (nSPS) is 20.7. The predicted molar refractivity (Wildman–Crippen MR) is 159 cm³/mol. The van der Waals surface area contributed by atoms with Crippen LogP contribution in [0.2, 0.25) is 0 Å². The van der Waals surface area contributed by atoms with Crippen LogP contribution in [0.3, 0.4) is 0 Å². The van der Waals surface area contributed by atoms with Crippen LogP contribution in [0.5, 0.6) is 5.75 Å². The molecule has 0 radical (unpaired) electrons. The molecule has 0 amide bonds. The van der Waals surface area contributed by atoms with Crippen LogP contribution in [0.25, 0.3) is 22.2 Å². The van der Waals surface area contributed by atoms with Crippen molar-refractivity contribution >= 4 is 16.9 Å². The molecular formula is C34H30N6O. The van der Waals surface area contributed by atoms with Gasteiger partial charge < -0.3 is 9.64 Å². The second-order valence-electron chi connectivity index (χ2n) is 11.1. The maximum Gasteiger partial charge on any atom is 0.128 e. The number of hydrogen-bond donors (Lipinski definition) is 0. The van der Waals surface area contributed by atoms with Crippen LogP contribution in [0.15, 0.2) is 72.8 Å². The van der Waals surface area contributed by atoms with E-state index in [1.807, 2.05) is 37.6 Å². The van der Waals surface area contributed by atoms with Crippen LogP contribution in [-0.4, -0.2) is 39.8 Å². The summed E-state index contributed by atoms with van der Waals surface area (Å²) in [5.41, 5.74) is 8.04. The van der Waals surface area contributed by atoms with Crippen molar-refractivity contribution in [3.05, 3.63) is 89.7 Å². The first-order valence-corrected chi connectivity index (χ1v) is 14.1.